The van der Waals surface area contributed by atoms with Crippen LogP contribution in [0.2, 0.25) is 0 Å². The number of aromatic nitrogens is 1. The van der Waals surface area contributed by atoms with Gasteiger partial charge in [0.2, 0.25) is 0 Å². The Balaban J connectivity index is 2.26. The van der Waals surface area contributed by atoms with Gasteiger partial charge in [-0.2, -0.15) is 0 Å². The third-order valence-electron chi connectivity index (χ3n) is 2.83. The molecule has 17 heavy (non-hydrogen) atoms. The Labute approximate surface area is 120 Å². The topological polar surface area (TPSA) is 24.9 Å². The van der Waals surface area contributed by atoms with Crippen LogP contribution in [0.4, 0.5) is 0 Å². The number of hydrogen-bond acceptors (Lipinski definition) is 3. The van der Waals surface area contributed by atoms with Crippen molar-refractivity contribution in [1.29, 1.82) is 0 Å². The quantitative estimate of drug-likeness (QED) is 0.846. The summed E-state index contributed by atoms with van der Waals surface area (Å²) in [6, 6.07) is 6.85. The third-order valence-corrected chi connectivity index (χ3v) is 5.11. The van der Waals surface area contributed by atoms with E-state index >= 15 is 0 Å². The zero-order valence-corrected chi connectivity index (χ0v) is 12.9. The molecular formula is C13H15IN2S. The van der Waals surface area contributed by atoms with Gasteiger partial charge in [-0.05, 0) is 47.7 Å². The van der Waals surface area contributed by atoms with Crippen LogP contribution in [0.3, 0.4) is 0 Å². The summed E-state index contributed by atoms with van der Waals surface area (Å²) in [5.41, 5.74) is 4.61. The van der Waals surface area contributed by atoms with E-state index in [9.17, 15) is 0 Å². The molecular weight excluding hydrogens is 343 g/mol. The first-order valence-electron chi connectivity index (χ1n) is 5.52. The summed E-state index contributed by atoms with van der Waals surface area (Å²) in [7, 11) is 2.02. The number of thiazole rings is 1. The van der Waals surface area contributed by atoms with Crippen LogP contribution in [0.25, 0.3) is 0 Å². The van der Waals surface area contributed by atoms with E-state index in [2.05, 4.69) is 58.0 Å². The lowest BCUT2D eigenvalue weighted by molar-refractivity contribution is 0.593. The fourth-order valence-electron chi connectivity index (χ4n) is 1.85. The predicted molar refractivity (Wildman–Crippen MR) is 81.5 cm³/mol. The number of aryl methyl sites for hydroxylation is 1. The maximum atomic E-state index is 4.13. The fourth-order valence-corrected chi connectivity index (χ4v) is 3.23. The van der Waals surface area contributed by atoms with Gasteiger partial charge in [0.1, 0.15) is 0 Å². The van der Waals surface area contributed by atoms with Crippen LogP contribution in [0.5, 0.6) is 0 Å². The maximum absolute atomic E-state index is 4.13. The van der Waals surface area contributed by atoms with Crippen LogP contribution < -0.4 is 5.32 Å². The normalized spacial score (nSPS) is 12.6. The minimum absolute atomic E-state index is 0.363. The first kappa shape index (κ1) is 13.0. The number of halogens is 1. The average Bonchev–Trinajstić information content (AvgIpc) is 2.83. The fraction of sp³-hybridized carbons (Fsp3) is 0.308. The lowest BCUT2D eigenvalue weighted by atomic mass is 10.0. The molecule has 1 unspecified atom stereocenters. The van der Waals surface area contributed by atoms with E-state index in [0.29, 0.717) is 6.04 Å². The van der Waals surface area contributed by atoms with Gasteiger partial charge in [0.25, 0.3) is 0 Å². The predicted octanol–water partition coefficient (Wildman–Crippen LogP) is 3.56. The van der Waals surface area contributed by atoms with Crippen molar-refractivity contribution < 1.29 is 0 Å². The van der Waals surface area contributed by atoms with Gasteiger partial charge in [-0.25, -0.2) is 0 Å². The zero-order valence-electron chi connectivity index (χ0n) is 9.90. The van der Waals surface area contributed by atoms with E-state index in [4.69, 9.17) is 0 Å². The lowest BCUT2D eigenvalue weighted by Crippen LogP contribution is -2.19. The zero-order chi connectivity index (χ0) is 12.3. The van der Waals surface area contributed by atoms with E-state index in [1.807, 2.05) is 18.8 Å². The Hall–Kier alpha value is -0.460. The summed E-state index contributed by atoms with van der Waals surface area (Å²) in [6.07, 6.45) is 2.96. The maximum Gasteiger partial charge on any atom is 0.0794 e. The largest absolute Gasteiger partial charge is 0.313 e. The molecule has 0 bridgehead atoms. The number of rotatable bonds is 4. The summed E-state index contributed by atoms with van der Waals surface area (Å²) in [6.45, 7) is 2.16. The molecule has 4 heteroatoms. The number of likely N-dealkylation sites (N-methyl/N-ethyl adjacent to an activating group) is 1. The highest BCUT2D eigenvalue weighted by Gasteiger charge is 2.14. The first-order valence-corrected chi connectivity index (χ1v) is 7.48. The van der Waals surface area contributed by atoms with Gasteiger partial charge in [-0.15, -0.1) is 11.3 Å². The van der Waals surface area contributed by atoms with Crippen molar-refractivity contribution >= 4 is 33.9 Å². The summed E-state index contributed by atoms with van der Waals surface area (Å²) >= 11 is 4.15. The Morgan fingerprint density at radius 1 is 1.47 bits per heavy atom. The monoisotopic (exact) mass is 358 g/mol. The van der Waals surface area contributed by atoms with Gasteiger partial charge in [0, 0.05) is 27.1 Å². The number of nitrogens with one attached hydrogen (secondary N) is 1. The number of benzene rings is 1. The smallest absolute Gasteiger partial charge is 0.0794 e. The Morgan fingerprint density at radius 3 is 2.94 bits per heavy atom. The van der Waals surface area contributed by atoms with Crippen molar-refractivity contribution in [2.75, 3.05) is 7.05 Å². The third kappa shape index (κ3) is 3.05. The van der Waals surface area contributed by atoms with E-state index in [1.54, 1.807) is 11.3 Å². The van der Waals surface area contributed by atoms with Crippen LogP contribution in [-0.2, 0) is 6.42 Å². The number of hydrogen-bond donors (Lipinski definition) is 1. The second-order valence-electron chi connectivity index (χ2n) is 3.99. The van der Waals surface area contributed by atoms with Gasteiger partial charge in [0.05, 0.1) is 5.51 Å². The molecule has 1 N–H and O–H groups in total. The molecule has 0 aliphatic rings. The highest BCUT2D eigenvalue weighted by molar-refractivity contribution is 14.1. The van der Waals surface area contributed by atoms with Gasteiger partial charge in [-0.3, -0.25) is 4.98 Å². The first-order chi connectivity index (χ1) is 8.22. The SMILES string of the molecule is CNC(Cc1cncs1)c1cccc(C)c1I. The molecule has 0 fully saturated rings. The van der Waals surface area contributed by atoms with Crippen molar-refractivity contribution in [2.45, 2.75) is 19.4 Å². The molecule has 0 aliphatic carbocycles. The highest BCUT2D eigenvalue weighted by Crippen LogP contribution is 2.26. The molecule has 0 spiro atoms. The lowest BCUT2D eigenvalue weighted by Gasteiger charge is -2.18. The Morgan fingerprint density at radius 2 is 2.29 bits per heavy atom. The molecule has 0 saturated carbocycles. The molecule has 1 aromatic heterocycles. The van der Waals surface area contributed by atoms with Crippen molar-refractivity contribution in [2.24, 2.45) is 0 Å². The van der Waals surface area contributed by atoms with E-state index in [0.717, 1.165) is 6.42 Å². The van der Waals surface area contributed by atoms with Crippen LogP contribution in [0.1, 0.15) is 22.0 Å². The molecule has 0 aliphatic heterocycles. The van der Waals surface area contributed by atoms with E-state index in [-0.39, 0.29) is 0 Å². The molecule has 1 aromatic carbocycles. The van der Waals surface area contributed by atoms with Crippen LogP contribution in [0.15, 0.2) is 29.9 Å². The van der Waals surface area contributed by atoms with Gasteiger partial charge in [0.15, 0.2) is 0 Å². The molecule has 1 atom stereocenters. The molecule has 0 amide bonds. The van der Waals surface area contributed by atoms with Crippen LogP contribution in [-0.4, -0.2) is 12.0 Å². The molecule has 90 valence electrons. The summed E-state index contributed by atoms with van der Waals surface area (Å²) in [5, 5.41) is 3.40. The summed E-state index contributed by atoms with van der Waals surface area (Å²) in [4.78, 5) is 5.45. The van der Waals surface area contributed by atoms with E-state index < -0.39 is 0 Å². The minimum atomic E-state index is 0.363. The Bertz CT molecular complexity index is 482. The second kappa shape index (κ2) is 5.93. The second-order valence-corrected chi connectivity index (χ2v) is 6.04. The summed E-state index contributed by atoms with van der Waals surface area (Å²) in [5.74, 6) is 0. The van der Waals surface area contributed by atoms with Gasteiger partial charge in [-0.1, -0.05) is 18.2 Å². The standard InChI is InChI=1S/C13H15IN2S/c1-9-4-3-5-11(13(9)14)12(15-2)6-10-7-16-8-17-10/h3-5,7-8,12,15H,6H2,1-2H3. The molecule has 2 aromatic rings. The average molecular weight is 358 g/mol. The molecule has 0 saturated heterocycles. The summed E-state index contributed by atoms with van der Waals surface area (Å²) < 4.78 is 1.36. The Kier molecular flexibility index (Phi) is 4.53. The van der Waals surface area contributed by atoms with Crippen molar-refractivity contribution in [3.05, 3.63) is 49.5 Å². The van der Waals surface area contributed by atoms with Gasteiger partial charge >= 0.3 is 0 Å². The van der Waals surface area contributed by atoms with E-state index in [1.165, 1.54) is 19.6 Å². The van der Waals surface area contributed by atoms with Crippen LogP contribution >= 0.6 is 33.9 Å². The molecule has 1 heterocycles. The van der Waals surface area contributed by atoms with Crippen LogP contribution in [0, 0.1) is 10.5 Å². The minimum Gasteiger partial charge on any atom is -0.313 e. The van der Waals surface area contributed by atoms with Crippen molar-refractivity contribution in [1.82, 2.24) is 10.3 Å². The molecule has 0 radical (unpaired) electrons. The highest BCUT2D eigenvalue weighted by atomic mass is 127. The number of nitrogens with zero attached hydrogens (tertiary/aromatic N) is 1. The van der Waals surface area contributed by atoms with Crippen molar-refractivity contribution in [3.63, 3.8) is 0 Å². The molecule has 2 rings (SSSR count). The van der Waals surface area contributed by atoms with Gasteiger partial charge < -0.3 is 5.32 Å². The van der Waals surface area contributed by atoms with Crippen molar-refractivity contribution in [3.8, 4) is 0 Å². The molecule has 2 nitrogen and oxygen atoms in total.